The fourth-order valence-corrected chi connectivity index (χ4v) is 6.16. The summed E-state index contributed by atoms with van der Waals surface area (Å²) in [4.78, 5) is 5.30. The molecule has 0 atom stereocenters. The summed E-state index contributed by atoms with van der Waals surface area (Å²) >= 11 is 0. The number of rotatable bonds is 5. The quantitative estimate of drug-likeness (QED) is 0.170. The van der Waals surface area contributed by atoms with Crippen molar-refractivity contribution < 1.29 is 0 Å². The molecule has 6 aromatic carbocycles. The molecule has 0 spiro atoms. The van der Waals surface area contributed by atoms with E-state index in [-0.39, 0.29) is 0 Å². The standard InChI is InChI=1S/C40H34N2/c1-3-12-28-23-36-34(21-20-33-25-31-17-10-11-18-32(31)26-35(33)36)37(24-28)38-22-19-27(2)39(29-13-6-4-7-14-29)42-40(41-38)30-15-8-5-9-16-30/h4-11,13-18,20-26H,3,12,19H2,1-2H3,(H,41,42)/b38-22+,39-27?. The minimum atomic E-state index is 0.815. The van der Waals surface area contributed by atoms with Gasteiger partial charge in [0.15, 0.2) is 0 Å². The molecule has 2 nitrogen and oxygen atoms in total. The van der Waals surface area contributed by atoms with Crippen molar-refractivity contribution in [3.63, 3.8) is 0 Å². The van der Waals surface area contributed by atoms with Crippen molar-refractivity contribution in [1.82, 2.24) is 5.32 Å². The van der Waals surface area contributed by atoms with Crippen molar-refractivity contribution in [2.75, 3.05) is 0 Å². The summed E-state index contributed by atoms with van der Waals surface area (Å²) in [6, 6.07) is 43.7. The van der Waals surface area contributed by atoms with Gasteiger partial charge in [-0.05, 0) is 81.4 Å². The Morgan fingerprint density at radius 2 is 1.33 bits per heavy atom. The van der Waals surface area contributed by atoms with E-state index in [0.29, 0.717) is 0 Å². The number of allylic oxidation sites excluding steroid dienone is 2. The maximum atomic E-state index is 5.30. The zero-order valence-corrected chi connectivity index (χ0v) is 24.2. The summed E-state index contributed by atoms with van der Waals surface area (Å²) in [5.74, 6) is 0.862. The van der Waals surface area contributed by atoms with Crippen molar-refractivity contribution >= 4 is 49.5 Å². The molecule has 0 aromatic heterocycles. The normalized spacial score (nSPS) is 15.2. The largest absolute Gasteiger partial charge is 0.339 e. The topological polar surface area (TPSA) is 24.4 Å². The van der Waals surface area contributed by atoms with Gasteiger partial charge in [0, 0.05) is 22.4 Å². The molecule has 204 valence electrons. The molecule has 7 rings (SSSR count). The second-order valence-corrected chi connectivity index (χ2v) is 11.2. The number of hydrogen-bond acceptors (Lipinski definition) is 2. The maximum Gasteiger partial charge on any atom is 0.138 e. The lowest BCUT2D eigenvalue weighted by Crippen LogP contribution is -2.24. The van der Waals surface area contributed by atoms with Crippen LogP contribution in [0.2, 0.25) is 0 Å². The van der Waals surface area contributed by atoms with Gasteiger partial charge >= 0.3 is 0 Å². The van der Waals surface area contributed by atoms with Crippen molar-refractivity contribution in [1.29, 1.82) is 0 Å². The van der Waals surface area contributed by atoms with Crippen LogP contribution in [0.15, 0.2) is 138 Å². The van der Waals surface area contributed by atoms with E-state index in [2.05, 4.69) is 147 Å². The lowest BCUT2D eigenvalue weighted by molar-refractivity contribution is 0.923. The van der Waals surface area contributed by atoms with Gasteiger partial charge in [0.2, 0.25) is 0 Å². The fraction of sp³-hybridized carbons (Fsp3) is 0.125. The number of nitrogens with zero attached hydrogens (tertiary/aromatic N) is 1. The summed E-state index contributed by atoms with van der Waals surface area (Å²) < 4.78 is 0. The fourth-order valence-electron chi connectivity index (χ4n) is 6.16. The first-order valence-corrected chi connectivity index (χ1v) is 14.9. The van der Waals surface area contributed by atoms with Crippen LogP contribution in [0, 0.1) is 0 Å². The Balaban J connectivity index is 1.45. The van der Waals surface area contributed by atoms with E-state index in [1.54, 1.807) is 0 Å². The van der Waals surface area contributed by atoms with Gasteiger partial charge < -0.3 is 5.32 Å². The molecule has 0 bridgehead atoms. The lowest BCUT2D eigenvalue weighted by atomic mass is 9.91. The second kappa shape index (κ2) is 11.1. The Morgan fingerprint density at radius 1 is 0.643 bits per heavy atom. The van der Waals surface area contributed by atoms with E-state index in [0.717, 1.165) is 47.6 Å². The SMILES string of the molecule is CCCc1cc(/C2=C\CC(C)=C(c3ccccc3)N=C(c3ccccc3)N2)c2ccc3cc4ccccc4cc3c2c1. The van der Waals surface area contributed by atoms with Crippen LogP contribution in [0.4, 0.5) is 0 Å². The molecule has 0 saturated carbocycles. The summed E-state index contributed by atoms with van der Waals surface area (Å²) in [5.41, 5.74) is 8.17. The number of benzene rings is 6. The number of amidine groups is 1. The molecule has 0 unspecified atom stereocenters. The first kappa shape index (κ1) is 26.0. The number of aryl methyl sites for hydroxylation is 1. The molecule has 1 heterocycles. The van der Waals surface area contributed by atoms with Crippen LogP contribution in [0.25, 0.3) is 43.7 Å². The maximum absolute atomic E-state index is 5.30. The van der Waals surface area contributed by atoms with Gasteiger partial charge in [0.05, 0.1) is 5.70 Å². The monoisotopic (exact) mass is 542 g/mol. The number of nitrogens with one attached hydrogen (secondary N) is 1. The molecule has 2 heteroatoms. The molecule has 0 radical (unpaired) electrons. The molecule has 1 N–H and O–H groups in total. The molecule has 1 aliphatic heterocycles. The summed E-state index contributed by atoms with van der Waals surface area (Å²) in [5, 5.41) is 11.5. The van der Waals surface area contributed by atoms with E-state index in [9.17, 15) is 0 Å². The van der Waals surface area contributed by atoms with Crippen LogP contribution < -0.4 is 5.32 Å². The minimum Gasteiger partial charge on any atom is -0.339 e. The highest BCUT2D eigenvalue weighted by molar-refractivity contribution is 6.15. The van der Waals surface area contributed by atoms with Crippen molar-refractivity contribution in [2.24, 2.45) is 4.99 Å². The molecule has 0 aliphatic carbocycles. The van der Waals surface area contributed by atoms with E-state index in [1.165, 1.54) is 49.0 Å². The molecule has 0 amide bonds. The van der Waals surface area contributed by atoms with Crippen molar-refractivity contribution in [3.05, 3.63) is 155 Å². The zero-order chi connectivity index (χ0) is 28.5. The van der Waals surface area contributed by atoms with Crippen LogP contribution in [-0.4, -0.2) is 5.84 Å². The Bertz CT molecular complexity index is 2030. The van der Waals surface area contributed by atoms with Crippen LogP contribution in [0.3, 0.4) is 0 Å². The predicted molar refractivity (Wildman–Crippen MR) is 181 cm³/mol. The van der Waals surface area contributed by atoms with Gasteiger partial charge in [-0.2, -0.15) is 0 Å². The van der Waals surface area contributed by atoms with Crippen LogP contribution in [0.1, 0.15) is 48.9 Å². The van der Waals surface area contributed by atoms with E-state index in [1.807, 2.05) is 0 Å². The second-order valence-electron chi connectivity index (χ2n) is 11.2. The van der Waals surface area contributed by atoms with E-state index < -0.39 is 0 Å². The molecule has 42 heavy (non-hydrogen) atoms. The van der Waals surface area contributed by atoms with Crippen molar-refractivity contribution in [3.8, 4) is 0 Å². The zero-order valence-electron chi connectivity index (χ0n) is 24.2. The lowest BCUT2D eigenvalue weighted by Gasteiger charge is -2.21. The molecular formula is C40H34N2. The Kier molecular flexibility index (Phi) is 6.89. The average molecular weight is 543 g/mol. The van der Waals surface area contributed by atoms with E-state index in [4.69, 9.17) is 4.99 Å². The van der Waals surface area contributed by atoms with Crippen LogP contribution >= 0.6 is 0 Å². The van der Waals surface area contributed by atoms with Gasteiger partial charge in [-0.1, -0.05) is 123 Å². The number of aliphatic imine (C=N–C) groups is 1. The van der Waals surface area contributed by atoms with Crippen LogP contribution in [-0.2, 0) is 6.42 Å². The van der Waals surface area contributed by atoms with Gasteiger partial charge in [0.1, 0.15) is 5.84 Å². The highest BCUT2D eigenvalue weighted by atomic mass is 15.0. The third-order valence-electron chi connectivity index (χ3n) is 8.29. The number of hydrogen-bond donors (Lipinski definition) is 1. The summed E-state index contributed by atoms with van der Waals surface area (Å²) in [7, 11) is 0. The highest BCUT2D eigenvalue weighted by Gasteiger charge is 2.18. The van der Waals surface area contributed by atoms with E-state index >= 15 is 0 Å². The summed E-state index contributed by atoms with van der Waals surface area (Å²) in [6.45, 7) is 4.46. The van der Waals surface area contributed by atoms with Gasteiger partial charge in [-0.25, -0.2) is 4.99 Å². The smallest absolute Gasteiger partial charge is 0.138 e. The first-order valence-electron chi connectivity index (χ1n) is 14.9. The van der Waals surface area contributed by atoms with Crippen LogP contribution in [0.5, 0.6) is 0 Å². The summed E-state index contributed by atoms with van der Waals surface area (Å²) in [6.07, 6.45) is 5.31. The Labute approximate surface area is 247 Å². The Hall–Kier alpha value is -4.95. The van der Waals surface area contributed by atoms with Gasteiger partial charge in [0.25, 0.3) is 0 Å². The van der Waals surface area contributed by atoms with Gasteiger partial charge in [-0.15, -0.1) is 0 Å². The predicted octanol–water partition coefficient (Wildman–Crippen LogP) is 10.3. The highest BCUT2D eigenvalue weighted by Crippen LogP contribution is 2.36. The average Bonchev–Trinajstić information content (AvgIpc) is 3.03. The minimum absolute atomic E-state index is 0.815. The number of fused-ring (bicyclic) bond motifs is 4. The van der Waals surface area contributed by atoms with Gasteiger partial charge in [-0.3, -0.25) is 0 Å². The Morgan fingerprint density at radius 3 is 2.07 bits per heavy atom. The third kappa shape index (κ3) is 4.90. The molecule has 1 aliphatic rings. The first-order chi connectivity index (χ1) is 20.7. The molecule has 0 saturated heterocycles. The molecular weight excluding hydrogens is 508 g/mol. The molecule has 0 fully saturated rings. The third-order valence-corrected chi connectivity index (χ3v) is 8.29. The van der Waals surface area contributed by atoms with Crippen molar-refractivity contribution in [2.45, 2.75) is 33.1 Å². The molecule has 6 aromatic rings.